The van der Waals surface area contributed by atoms with Crippen LogP contribution in [0.2, 0.25) is 0 Å². The zero-order chi connectivity index (χ0) is 12.2. The van der Waals surface area contributed by atoms with E-state index in [-0.39, 0.29) is 18.4 Å². The highest BCUT2D eigenvalue weighted by atomic mass is 35.5. The number of carbonyl (C=O) groups is 1. The lowest BCUT2D eigenvalue weighted by Crippen LogP contribution is -3.00. The van der Waals surface area contributed by atoms with Crippen LogP contribution in [0.15, 0.2) is 30.3 Å². The van der Waals surface area contributed by atoms with E-state index in [4.69, 9.17) is 10.5 Å². The average Bonchev–Trinajstić information content (AvgIpc) is 2.16. The molecule has 1 rings (SSSR count). The fourth-order valence-corrected chi connectivity index (χ4v) is 1.33. The summed E-state index contributed by atoms with van der Waals surface area (Å²) in [5, 5.41) is 0. The molecule has 1 unspecified atom stereocenters. The van der Waals surface area contributed by atoms with Crippen LogP contribution in [0.4, 0.5) is 0 Å². The van der Waals surface area contributed by atoms with Crippen LogP contribution in [0.25, 0.3) is 0 Å². The van der Waals surface area contributed by atoms with Crippen LogP contribution in [0, 0.1) is 0 Å². The first kappa shape index (κ1) is 15.9. The number of hydrogen-bond acceptors (Lipinski definition) is 3. The Kier molecular flexibility index (Phi) is 6.21. The summed E-state index contributed by atoms with van der Waals surface area (Å²) in [7, 11) is 0. The molecule has 17 heavy (non-hydrogen) atoms. The SMILES string of the molecule is CC(C)(C)OC(=O)C(N)Cc1ccccc1.[Cl-]. The van der Waals surface area contributed by atoms with E-state index in [0.717, 1.165) is 5.56 Å². The van der Waals surface area contributed by atoms with Crippen molar-refractivity contribution in [3.05, 3.63) is 35.9 Å². The topological polar surface area (TPSA) is 52.3 Å². The Bertz CT molecular complexity index is 346. The van der Waals surface area contributed by atoms with Gasteiger partial charge in [0, 0.05) is 0 Å². The minimum Gasteiger partial charge on any atom is -1.00 e. The van der Waals surface area contributed by atoms with Crippen molar-refractivity contribution in [2.45, 2.75) is 38.8 Å². The van der Waals surface area contributed by atoms with Crippen LogP contribution in [0.3, 0.4) is 0 Å². The summed E-state index contributed by atoms with van der Waals surface area (Å²) < 4.78 is 5.21. The number of benzene rings is 1. The molecular formula is C13H19ClNO2-. The van der Waals surface area contributed by atoms with Crippen LogP contribution in [-0.4, -0.2) is 17.6 Å². The molecule has 0 aliphatic rings. The highest BCUT2D eigenvalue weighted by molar-refractivity contribution is 5.76. The smallest absolute Gasteiger partial charge is 0.323 e. The summed E-state index contributed by atoms with van der Waals surface area (Å²) in [4.78, 5) is 11.6. The minimum absolute atomic E-state index is 0. The molecule has 0 saturated carbocycles. The molecule has 2 N–H and O–H groups in total. The van der Waals surface area contributed by atoms with Crippen molar-refractivity contribution in [3.8, 4) is 0 Å². The number of carbonyl (C=O) groups excluding carboxylic acids is 1. The molecule has 0 bridgehead atoms. The standard InChI is InChI=1S/C13H19NO2.ClH/c1-13(2,3)16-12(15)11(14)9-10-7-5-4-6-8-10;/h4-8,11H,9,14H2,1-3H3;1H/p-1. The third-order valence-electron chi connectivity index (χ3n) is 2.01. The second-order valence-electron chi connectivity index (χ2n) is 4.83. The monoisotopic (exact) mass is 256 g/mol. The van der Waals surface area contributed by atoms with E-state index < -0.39 is 11.6 Å². The first-order valence-corrected chi connectivity index (χ1v) is 5.41. The van der Waals surface area contributed by atoms with Crippen molar-refractivity contribution < 1.29 is 21.9 Å². The molecule has 0 fully saturated rings. The maximum absolute atomic E-state index is 11.6. The number of esters is 1. The van der Waals surface area contributed by atoms with E-state index in [1.54, 1.807) is 0 Å². The second kappa shape index (κ2) is 6.62. The molecule has 0 radical (unpaired) electrons. The first-order chi connectivity index (χ1) is 7.38. The summed E-state index contributed by atoms with van der Waals surface area (Å²) >= 11 is 0. The fourth-order valence-electron chi connectivity index (χ4n) is 1.33. The van der Waals surface area contributed by atoms with Gasteiger partial charge in [0.25, 0.3) is 0 Å². The molecule has 1 aromatic rings. The van der Waals surface area contributed by atoms with Gasteiger partial charge in [-0.15, -0.1) is 0 Å². The molecule has 1 atom stereocenters. The molecule has 1 aromatic carbocycles. The number of halogens is 1. The van der Waals surface area contributed by atoms with Crippen molar-refractivity contribution >= 4 is 5.97 Å². The summed E-state index contributed by atoms with van der Waals surface area (Å²) in [6.45, 7) is 5.50. The predicted molar refractivity (Wildman–Crippen MR) is 64.0 cm³/mol. The van der Waals surface area contributed by atoms with E-state index in [1.807, 2.05) is 51.1 Å². The van der Waals surface area contributed by atoms with Gasteiger partial charge in [-0.1, -0.05) is 30.3 Å². The number of ether oxygens (including phenoxy) is 1. The van der Waals surface area contributed by atoms with E-state index in [2.05, 4.69) is 0 Å². The average molecular weight is 257 g/mol. The van der Waals surface area contributed by atoms with Gasteiger partial charge in [0.2, 0.25) is 0 Å². The quantitative estimate of drug-likeness (QED) is 0.699. The maximum atomic E-state index is 11.6. The first-order valence-electron chi connectivity index (χ1n) is 5.41. The molecule has 3 nitrogen and oxygen atoms in total. The van der Waals surface area contributed by atoms with E-state index in [1.165, 1.54) is 0 Å². The van der Waals surface area contributed by atoms with E-state index in [9.17, 15) is 4.79 Å². The molecule has 0 saturated heterocycles. The van der Waals surface area contributed by atoms with Gasteiger partial charge in [-0.2, -0.15) is 0 Å². The summed E-state index contributed by atoms with van der Waals surface area (Å²) in [6.07, 6.45) is 0.510. The molecule has 96 valence electrons. The molecular weight excluding hydrogens is 238 g/mol. The van der Waals surface area contributed by atoms with E-state index >= 15 is 0 Å². The van der Waals surface area contributed by atoms with Gasteiger partial charge < -0.3 is 22.9 Å². The normalized spacial score (nSPS) is 12.5. The van der Waals surface area contributed by atoms with Crippen molar-refractivity contribution in [1.82, 2.24) is 0 Å². The van der Waals surface area contributed by atoms with Crippen LogP contribution in [-0.2, 0) is 16.0 Å². The van der Waals surface area contributed by atoms with Crippen LogP contribution in [0.5, 0.6) is 0 Å². The zero-order valence-electron chi connectivity index (χ0n) is 10.4. The van der Waals surface area contributed by atoms with Crippen molar-refractivity contribution in [3.63, 3.8) is 0 Å². The molecule has 0 amide bonds. The lowest BCUT2D eigenvalue weighted by atomic mass is 10.1. The van der Waals surface area contributed by atoms with Gasteiger partial charge in [0.15, 0.2) is 0 Å². The highest BCUT2D eigenvalue weighted by Crippen LogP contribution is 2.10. The Morgan fingerprint density at radius 3 is 2.29 bits per heavy atom. The van der Waals surface area contributed by atoms with Gasteiger partial charge >= 0.3 is 5.97 Å². The fraction of sp³-hybridized carbons (Fsp3) is 0.462. The minimum atomic E-state index is -0.596. The van der Waals surface area contributed by atoms with Crippen molar-refractivity contribution in [1.29, 1.82) is 0 Å². The molecule has 0 aromatic heterocycles. The van der Waals surface area contributed by atoms with Crippen LogP contribution < -0.4 is 18.1 Å². The van der Waals surface area contributed by atoms with Gasteiger partial charge in [0.1, 0.15) is 11.6 Å². The Balaban J connectivity index is 0.00000256. The van der Waals surface area contributed by atoms with Crippen LogP contribution >= 0.6 is 0 Å². The molecule has 0 spiro atoms. The lowest BCUT2D eigenvalue weighted by molar-refractivity contribution is -0.156. The maximum Gasteiger partial charge on any atom is 0.323 e. The second-order valence-corrected chi connectivity index (χ2v) is 4.83. The third kappa shape index (κ3) is 6.29. The highest BCUT2D eigenvalue weighted by Gasteiger charge is 2.22. The Morgan fingerprint density at radius 2 is 1.82 bits per heavy atom. The Hall–Kier alpha value is -1.06. The van der Waals surface area contributed by atoms with Gasteiger partial charge in [-0.25, -0.2) is 0 Å². The number of nitrogens with two attached hydrogens (primary N) is 1. The number of rotatable bonds is 3. The predicted octanol–water partition coefficient (Wildman–Crippen LogP) is -1.10. The van der Waals surface area contributed by atoms with E-state index in [0.29, 0.717) is 6.42 Å². The third-order valence-corrected chi connectivity index (χ3v) is 2.01. The van der Waals surface area contributed by atoms with Gasteiger partial charge in [-0.05, 0) is 32.8 Å². The summed E-state index contributed by atoms with van der Waals surface area (Å²) in [5.74, 6) is -0.351. The lowest BCUT2D eigenvalue weighted by Gasteiger charge is -2.22. The molecule has 0 aliphatic heterocycles. The van der Waals surface area contributed by atoms with Crippen molar-refractivity contribution in [2.24, 2.45) is 5.73 Å². The Labute approximate surface area is 109 Å². The Morgan fingerprint density at radius 1 is 1.29 bits per heavy atom. The molecule has 4 heteroatoms. The molecule has 0 aliphatic carbocycles. The summed E-state index contributed by atoms with van der Waals surface area (Å²) in [6, 6.07) is 9.09. The summed E-state index contributed by atoms with van der Waals surface area (Å²) in [5.41, 5.74) is 6.34. The largest absolute Gasteiger partial charge is 1.00 e. The van der Waals surface area contributed by atoms with Gasteiger partial charge in [0.05, 0.1) is 0 Å². The molecule has 0 heterocycles. The van der Waals surface area contributed by atoms with Crippen molar-refractivity contribution in [2.75, 3.05) is 0 Å². The van der Waals surface area contributed by atoms with Gasteiger partial charge in [-0.3, -0.25) is 4.79 Å². The zero-order valence-corrected chi connectivity index (χ0v) is 11.2. The number of hydrogen-bond donors (Lipinski definition) is 1. The van der Waals surface area contributed by atoms with Crippen LogP contribution in [0.1, 0.15) is 26.3 Å².